The molecular weight excluding hydrogens is 328 g/mol. The summed E-state index contributed by atoms with van der Waals surface area (Å²) in [5.41, 5.74) is 4.41. The normalized spacial score (nSPS) is 29.9. The number of nitrogens with zero attached hydrogens (tertiary/aromatic N) is 1. The molecule has 0 aliphatic carbocycles. The Morgan fingerprint density at radius 2 is 1.92 bits per heavy atom. The number of nitrogens with two attached hydrogens (primary N) is 1. The van der Waals surface area contributed by atoms with E-state index in [1.165, 1.54) is 0 Å². The van der Waals surface area contributed by atoms with Crippen molar-refractivity contribution in [3.05, 3.63) is 33.9 Å². The van der Waals surface area contributed by atoms with Crippen molar-refractivity contribution in [3.63, 3.8) is 0 Å². The predicted molar refractivity (Wildman–Crippen MR) is 76.0 cm³/mol. The highest BCUT2D eigenvalue weighted by Gasteiger charge is 2.44. The van der Waals surface area contributed by atoms with Crippen molar-refractivity contribution in [2.24, 2.45) is 5.73 Å². The fourth-order valence-corrected chi connectivity index (χ4v) is 2.20. The van der Waals surface area contributed by atoms with Gasteiger partial charge in [-0.3, -0.25) is 14.9 Å². The van der Waals surface area contributed by atoms with Crippen molar-refractivity contribution in [2.75, 3.05) is 6.61 Å². The Balaban J connectivity index is 2.29. The largest absolute Gasteiger partial charge is 0.462 e. The summed E-state index contributed by atoms with van der Waals surface area (Å²) in [7, 11) is 0. The molecule has 1 aliphatic heterocycles. The van der Waals surface area contributed by atoms with E-state index in [1.54, 1.807) is 0 Å². The average molecular weight is 344 g/mol. The first-order chi connectivity index (χ1) is 11.2. The smallest absolute Gasteiger partial charge is 0.273 e. The van der Waals surface area contributed by atoms with Crippen LogP contribution in [-0.4, -0.2) is 68.6 Å². The van der Waals surface area contributed by atoms with Crippen LogP contribution in [0.15, 0.2) is 18.2 Å². The number of benzene rings is 1. The topological polar surface area (TPSA) is 186 Å². The maximum atomic E-state index is 11.2. The van der Waals surface area contributed by atoms with Crippen LogP contribution in [0, 0.1) is 10.1 Å². The van der Waals surface area contributed by atoms with Gasteiger partial charge in [0.25, 0.3) is 5.69 Å². The Morgan fingerprint density at radius 3 is 2.46 bits per heavy atom. The van der Waals surface area contributed by atoms with Crippen LogP contribution in [0.3, 0.4) is 0 Å². The van der Waals surface area contributed by atoms with E-state index in [1.807, 2.05) is 0 Å². The quantitative estimate of drug-likeness (QED) is 0.294. The molecule has 1 aromatic rings. The summed E-state index contributed by atoms with van der Waals surface area (Å²) < 4.78 is 10.4. The molecule has 6 N–H and O–H groups in total. The van der Waals surface area contributed by atoms with Gasteiger partial charge in [0.2, 0.25) is 12.2 Å². The van der Waals surface area contributed by atoms with Crippen molar-refractivity contribution in [2.45, 2.75) is 30.7 Å². The number of hydrogen-bond acceptors (Lipinski definition) is 9. The molecule has 5 atom stereocenters. The maximum Gasteiger partial charge on any atom is 0.273 e. The minimum Gasteiger partial charge on any atom is -0.462 e. The number of nitro benzene ring substituents is 1. The van der Waals surface area contributed by atoms with E-state index >= 15 is 0 Å². The summed E-state index contributed by atoms with van der Waals surface area (Å²) in [4.78, 5) is 21.4. The van der Waals surface area contributed by atoms with Gasteiger partial charge in [-0.25, -0.2) is 0 Å². The summed E-state index contributed by atoms with van der Waals surface area (Å²) in [6.07, 6.45) is -7.68. The number of hydrogen-bond donors (Lipinski definition) is 5. The second-order valence-electron chi connectivity index (χ2n) is 5.15. The molecule has 132 valence electrons. The molecule has 0 saturated carbocycles. The zero-order chi connectivity index (χ0) is 18.0. The summed E-state index contributed by atoms with van der Waals surface area (Å²) in [5.74, 6) is -1.15. The van der Waals surface area contributed by atoms with Crippen molar-refractivity contribution >= 4 is 11.6 Å². The Morgan fingerprint density at radius 1 is 1.25 bits per heavy atom. The molecule has 1 aliphatic rings. The number of non-ortho nitro benzene ring substituents is 1. The van der Waals surface area contributed by atoms with E-state index in [0.29, 0.717) is 0 Å². The minimum absolute atomic E-state index is 0.205. The molecule has 11 nitrogen and oxygen atoms in total. The molecule has 0 bridgehead atoms. The lowest BCUT2D eigenvalue weighted by Crippen LogP contribution is -2.60. The Hall–Kier alpha value is -2.31. The summed E-state index contributed by atoms with van der Waals surface area (Å²) in [5, 5.41) is 49.2. The highest BCUT2D eigenvalue weighted by molar-refractivity contribution is 5.93. The van der Waals surface area contributed by atoms with Crippen LogP contribution >= 0.6 is 0 Å². The van der Waals surface area contributed by atoms with E-state index in [0.717, 1.165) is 18.2 Å². The Kier molecular flexibility index (Phi) is 5.31. The SMILES string of the molecule is NC(=O)c1cc(OC2OC(CO)C(O)C(O)C2O)cc([N+](=O)[O-])c1. The van der Waals surface area contributed by atoms with E-state index in [2.05, 4.69) is 0 Å². The third-order valence-electron chi connectivity index (χ3n) is 3.49. The van der Waals surface area contributed by atoms with Crippen LogP contribution in [-0.2, 0) is 4.74 Å². The van der Waals surface area contributed by atoms with Crippen LogP contribution in [0.1, 0.15) is 10.4 Å². The van der Waals surface area contributed by atoms with Crippen LogP contribution in [0.25, 0.3) is 0 Å². The van der Waals surface area contributed by atoms with E-state index in [-0.39, 0.29) is 11.3 Å². The first-order valence-electron chi connectivity index (χ1n) is 6.81. The summed E-state index contributed by atoms with van der Waals surface area (Å²) >= 11 is 0. The summed E-state index contributed by atoms with van der Waals surface area (Å²) in [6, 6.07) is 3.01. The number of nitro groups is 1. The molecule has 24 heavy (non-hydrogen) atoms. The highest BCUT2D eigenvalue weighted by Crippen LogP contribution is 2.27. The fourth-order valence-electron chi connectivity index (χ4n) is 2.20. The predicted octanol–water partition coefficient (Wildman–Crippen LogP) is -2.13. The maximum absolute atomic E-state index is 11.2. The number of carbonyl (C=O) groups excluding carboxylic acids is 1. The van der Waals surface area contributed by atoms with Gasteiger partial charge in [-0.1, -0.05) is 0 Å². The number of carbonyl (C=O) groups is 1. The standard InChI is InChI=1S/C13H16N2O9/c14-12(20)5-1-6(15(21)22)3-7(2-5)23-13-11(19)10(18)9(17)8(4-16)24-13/h1-3,8-11,13,16-19H,4H2,(H2,14,20). The van der Waals surface area contributed by atoms with Crippen LogP contribution in [0.2, 0.25) is 0 Å². The van der Waals surface area contributed by atoms with Gasteiger partial charge in [0.1, 0.15) is 30.2 Å². The van der Waals surface area contributed by atoms with Crippen molar-refractivity contribution in [3.8, 4) is 5.75 Å². The zero-order valence-corrected chi connectivity index (χ0v) is 12.2. The zero-order valence-electron chi connectivity index (χ0n) is 12.2. The number of ether oxygens (including phenoxy) is 2. The van der Waals surface area contributed by atoms with Gasteiger partial charge < -0.3 is 35.6 Å². The van der Waals surface area contributed by atoms with Gasteiger partial charge in [0.05, 0.1) is 17.6 Å². The van der Waals surface area contributed by atoms with Crippen LogP contribution < -0.4 is 10.5 Å². The lowest BCUT2D eigenvalue weighted by molar-refractivity contribution is -0.385. The molecule has 5 unspecified atom stereocenters. The molecule has 2 rings (SSSR count). The summed E-state index contributed by atoms with van der Waals surface area (Å²) in [6.45, 7) is -0.660. The van der Waals surface area contributed by atoms with Gasteiger partial charge in [0, 0.05) is 11.6 Å². The molecule has 1 heterocycles. The average Bonchev–Trinajstić information content (AvgIpc) is 2.55. The molecule has 1 aromatic carbocycles. The molecule has 1 saturated heterocycles. The number of rotatable bonds is 5. The molecule has 0 aromatic heterocycles. The monoisotopic (exact) mass is 344 g/mol. The first kappa shape index (κ1) is 18.0. The lowest BCUT2D eigenvalue weighted by atomic mass is 9.99. The molecule has 0 spiro atoms. The second kappa shape index (κ2) is 7.07. The molecule has 0 radical (unpaired) electrons. The van der Waals surface area contributed by atoms with E-state index in [9.17, 15) is 30.2 Å². The minimum atomic E-state index is -1.70. The molecular formula is C13H16N2O9. The molecule has 1 amide bonds. The Bertz CT molecular complexity index is 604. The number of aliphatic hydroxyl groups is 4. The number of amides is 1. The van der Waals surface area contributed by atoms with Crippen molar-refractivity contribution in [1.29, 1.82) is 0 Å². The fraction of sp³-hybridized carbons (Fsp3) is 0.462. The third-order valence-corrected chi connectivity index (χ3v) is 3.49. The van der Waals surface area contributed by atoms with Crippen molar-refractivity contribution in [1.82, 2.24) is 0 Å². The lowest BCUT2D eigenvalue weighted by Gasteiger charge is -2.39. The van der Waals surface area contributed by atoms with E-state index in [4.69, 9.17) is 20.3 Å². The van der Waals surface area contributed by atoms with Gasteiger partial charge in [0.15, 0.2) is 0 Å². The number of aliphatic hydroxyl groups excluding tert-OH is 4. The van der Waals surface area contributed by atoms with E-state index < -0.39 is 53.8 Å². The third kappa shape index (κ3) is 3.60. The highest BCUT2D eigenvalue weighted by atomic mass is 16.7. The van der Waals surface area contributed by atoms with Gasteiger partial charge in [-0.15, -0.1) is 0 Å². The van der Waals surface area contributed by atoms with Crippen LogP contribution in [0.5, 0.6) is 5.75 Å². The van der Waals surface area contributed by atoms with Gasteiger partial charge in [-0.05, 0) is 6.07 Å². The molecule has 11 heteroatoms. The molecule has 1 fully saturated rings. The van der Waals surface area contributed by atoms with Gasteiger partial charge in [-0.2, -0.15) is 0 Å². The first-order valence-corrected chi connectivity index (χ1v) is 6.81. The Labute approximate surface area is 135 Å². The van der Waals surface area contributed by atoms with Crippen LogP contribution in [0.4, 0.5) is 5.69 Å². The second-order valence-corrected chi connectivity index (χ2v) is 5.15. The van der Waals surface area contributed by atoms with Crippen molar-refractivity contribution < 1.29 is 39.6 Å². The number of primary amides is 1. The van der Waals surface area contributed by atoms with Gasteiger partial charge >= 0.3 is 0 Å².